The van der Waals surface area contributed by atoms with Crippen LogP contribution in [-0.2, 0) is 0 Å². The van der Waals surface area contributed by atoms with Crippen LogP contribution in [0.15, 0.2) is 0 Å². The normalized spacial score (nSPS) is 25.9. The first-order chi connectivity index (χ1) is 10.0. The highest BCUT2D eigenvalue weighted by molar-refractivity contribution is 4.97. The van der Waals surface area contributed by atoms with E-state index in [1.807, 2.05) is 0 Å². The summed E-state index contributed by atoms with van der Waals surface area (Å²) in [6.07, 6.45) is 5.40. The first-order valence-corrected chi connectivity index (χ1v) is 9.52. The lowest BCUT2D eigenvalue weighted by molar-refractivity contribution is 0.103. The number of hydrogen-bond donors (Lipinski definition) is 2. The summed E-state index contributed by atoms with van der Waals surface area (Å²) in [7, 11) is 0. The SMILES string of the molecule is CC(C)C1CC(C)(C)NC(C)(C)C1.CC(C)C1CCNCC1. The van der Waals surface area contributed by atoms with Crippen LogP contribution >= 0.6 is 0 Å². The fourth-order valence-corrected chi connectivity index (χ4v) is 4.38. The summed E-state index contributed by atoms with van der Waals surface area (Å²) in [6.45, 7) is 21.1. The highest BCUT2D eigenvalue weighted by Gasteiger charge is 2.38. The molecule has 2 N–H and O–H groups in total. The molecule has 0 bridgehead atoms. The van der Waals surface area contributed by atoms with Crippen LogP contribution in [0.25, 0.3) is 0 Å². The maximum absolute atomic E-state index is 3.72. The summed E-state index contributed by atoms with van der Waals surface area (Å²) < 4.78 is 0. The first kappa shape index (κ1) is 20.0. The van der Waals surface area contributed by atoms with E-state index in [0.29, 0.717) is 11.1 Å². The molecule has 0 atom stereocenters. The second kappa shape index (κ2) is 8.15. The molecule has 0 unspecified atom stereocenters. The fourth-order valence-electron chi connectivity index (χ4n) is 4.38. The summed E-state index contributed by atoms with van der Waals surface area (Å²) in [5, 5.41) is 7.09. The van der Waals surface area contributed by atoms with Gasteiger partial charge in [0, 0.05) is 11.1 Å². The maximum Gasteiger partial charge on any atom is 0.0132 e. The summed E-state index contributed by atoms with van der Waals surface area (Å²) >= 11 is 0. The summed E-state index contributed by atoms with van der Waals surface area (Å²) in [6, 6.07) is 0. The van der Waals surface area contributed by atoms with E-state index in [0.717, 1.165) is 23.7 Å². The van der Waals surface area contributed by atoms with E-state index in [1.165, 1.54) is 38.8 Å². The average Bonchev–Trinajstić information content (AvgIpc) is 2.36. The van der Waals surface area contributed by atoms with E-state index in [1.54, 1.807) is 0 Å². The Balaban J connectivity index is 0.000000235. The zero-order valence-electron chi connectivity index (χ0n) is 16.6. The molecule has 2 aliphatic rings. The van der Waals surface area contributed by atoms with Gasteiger partial charge in [0.1, 0.15) is 0 Å². The number of hydrogen-bond acceptors (Lipinski definition) is 2. The van der Waals surface area contributed by atoms with Crippen molar-refractivity contribution in [1.29, 1.82) is 0 Å². The van der Waals surface area contributed by atoms with E-state index in [-0.39, 0.29) is 0 Å². The van der Waals surface area contributed by atoms with E-state index in [4.69, 9.17) is 0 Å². The third kappa shape index (κ3) is 7.00. The lowest BCUT2D eigenvalue weighted by atomic mass is 9.72. The summed E-state index contributed by atoms with van der Waals surface area (Å²) in [5.41, 5.74) is 0.632. The van der Waals surface area contributed by atoms with Gasteiger partial charge in [0.05, 0.1) is 0 Å². The quantitative estimate of drug-likeness (QED) is 0.762. The lowest BCUT2D eigenvalue weighted by Crippen LogP contribution is -2.58. The van der Waals surface area contributed by atoms with E-state index < -0.39 is 0 Å². The monoisotopic (exact) mass is 310 g/mol. The van der Waals surface area contributed by atoms with Gasteiger partial charge in [0.25, 0.3) is 0 Å². The van der Waals surface area contributed by atoms with E-state index >= 15 is 0 Å². The van der Waals surface area contributed by atoms with Crippen molar-refractivity contribution in [2.45, 2.75) is 92.2 Å². The van der Waals surface area contributed by atoms with Crippen LogP contribution in [0.1, 0.15) is 81.1 Å². The molecule has 2 heteroatoms. The Kier molecular flexibility index (Phi) is 7.39. The molecule has 0 aromatic heterocycles. The van der Waals surface area contributed by atoms with Crippen molar-refractivity contribution in [1.82, 2.24) is 10.6 Å². The molecule has 0 radical (unpaired) electrons. The molecule has 132 valence electrons. The van der Waals surface area contributed by atoms with Crippen molar-refractivity contribution in [3.8, 4) is 0 Å². The smallest absolute Gasteiger partial charge is 0.0132 e. The van der Waals surface area contributed by atoms with Gasteiger partial charge in [-0.3, -0.25) is 0 Å². The molecule has 0 aromatic rings. The van der Waals surface area contributed by atoms with Crippen LogP contribution in [0.3, 0.4) is 0 Å². The van der Waals surface area contributed by atoms with Crippen LogP contribution in [0, 0.1) is 23.7 Å². The molecule has 2 nitrogen and oxygen atoms in total. The van der Waals surface area contributed by atoms with Crippen molar-refractivity contribution in [3.63, 3.8) is 0 Å². The zero-order valence-corrected chi connectivity index (χ0v) is 16.6. The van der Waals surface area contributed by atoms with E-state index in [9.17, 15) is 0 Å². The average molecular weight is 311 g/mol. The topological polar surface area (TPSA) is 24.1 Å². The number of nitrogens with one attached hydrogen (secondary N) is 2. The van der Waals surface area contributed by atoms with Crippen molar-refractivity contribution in [2.24, 2.45) is 23.7 Å². The van der Waals surface area contributed by atoms with Crippen molar-refractivity contribution in [2.75, 3.05) is 13.1 Å². The molecular weight excluding hydrogens is 268 g/mol. The van der Waals surface area contributed by atoms with Gasteiger partial charge in [-0.05, 0) is 90.1 Å². The molecule has 0 spiro atoms. The minimum absolute atomic E-state index is 0.316. The van der Waals surface area contributed by atoms with Gasteiger partial charge in [-0.2, -0.15) is 0 Å². The van der Waals surface area contributed by atoms with Gasteiger partial charge in [0.2, 0.25) is 0 Å². The molecule has 2 aliphatic heterocycles. The molecular formula is C20H42N2. The van der Waals surface area contributed by atoms with Crippen LogP contribution in [-0.4, -0.2) is 24.2 Å². The largest absolute Gasteiger partial charge is 0.317 e. The molecule has 2 heterocycles. The summed E-state index contributed by atoms with van der Waals surface area (Å²) in [5.74, 6) is 3.59. The van der Waals surface area contributed by atoms with Crippen LogP contribution in [0.2, 0.25) is 0 Å². The Morgan fingerprint density at radius 1 is 0.727 bits per heavy atom. The Hall–Kier alpha value is -0.0800. The maximum atomic E-state index is 3.72. The van der Waals surface area contributed by atoms with Gasteiger partial charge in [-0.1, -0.05) is 27.7 Å². The molecule has 2 fully saturated rings. The minimum Gasteiger partial charge on any atom is -0.317 e. The number of piperidine rings is 2. The zero-order chi connectivity index (χ0) is 17.0. The molecule has 0 saturated carbocycles. The van der Waals surface area contributed by atoms with E-state index in [2.05, 4.69) is 66.0 Å². The molecule has 22 heavy (non-hydrogen) atoms. The van der Waals surface area contributed by atoms with Gasteiger partial charge < -0.3 is 10.6 Å². The van der Waals surface area contributed by atoms with Gasteiger partial charge >= 0.3 is 0 Å². The molecule has 0 aliphatic carbocycles. The number of rotatable bonds is 2. The standard InChI is InChI=1S/C12H25N.C8H17N/c1-9(2)10-7-11(3,4)13-12(5,6)8-10;1-7(2)8-3-5-9-6-4-8/h9-10,13H,7-8H2,1-6H3;7-9H,3-6H2,1-2H3. The Labute approximate surface area is 140 Å². The van der Waals surface area contributed by atoms with Crippen LogP contribution < -0.4 is 10.6 Å². The van der Waals surface area contributed by atoms with Crippen LogP contribution in [0.4, 0.5) is 0 Å². The lowest BCUT2D eigenvalue weighted by Gasteiger charge is -2.47. The minimum atomic E-state index is 0.316. The Bertz CT molecular complexity index is 296. The molecule has 2 rings (SSSR count). The van der Waals surface area contributed by atoms with Gasteiger partial charge in [0.15, 0.2) is 0 Å². The highest BCUT2D eigenvalue weighted by Crippen LogP contribution is 2.36. The van der Waals surface area contributed by atoms with Crippen molar-refractivity contribution < 1.29 is 0 Å². The Morgan fingerprint density at radius 2 is 1.14 bits per heavy atom. The van der Waals surface area contributed by atoms with Crippen LogP contribution in [0.5, 0.6) is 0 Å². The third-order valence-corrected chi connectivity index (χ3v) is 5.49. The third-order valence-electron chi connectivity index (χ3n) is 5.49. The molecule has 0 aromatic carbocycles. The second-order valence-corrected chi connectivity index (χ2v) is 9.64. The summed E-state index contributed by atoms with van der Waals surface area (Å²) in [4.78, 5) is 0. The Morgan fingerprint density at radius 3 is 1.45 bits per heavy atom. The first-order valence-electron chi connectivity index (χ1n) is 9.52. The second-order valence-electron chi connectivity index (χ2n) is 9.64. The highest BCUT2D eigenvalue weighted by atomic mass is 15.0. The molecule has 0 amide bonds. The predicted molar refractivity (Wildman–Crippen MR) is 99.3 cm³/mol. The van der Waals surface area contributed by atoms with Gasteiger partial charge in [-0.15, -0.1) is 0 Å². The van der Waals surface area contributed by atoms with Crippen molar-refractivity contribution >= 4 is 0 Å². The fraction of sp³-hybridized carbons (Fsp3) is 1.00. The predicted octanol–water partition coefficient (Wildman–Crippen LogP) is 4.84. The van der Waals surface area contributed by atoms with Gasteiger partial charge in [-0.25, -0.2) is 0 Å². The molecule has 2 saturated heterocycles. The van der Waals surface area contributed by atoms with Crippen molar-refractivity contribution in [3.05, 3.63) is 0 Å².